The van der Waals surface area contributed by atoms with Crippen molar-refractivity contribution in [3.05, 3.63) is 138 Å². The fourth-order valence-corrected chi connectivity index (χ4v) is 6.03. The van der Waals surface area contributed by atoms with Crippen molar-refractivity contribution in [3.8, 4) is 11.5 Å². The van der Waals surface area contributed by atoms with Crippen LogP contribution in [0.25, 0.3) is 27.9 Å². The van der Waals surface area contributed by atoms with Gasteiger partial charge in [0.25, 0.3) is 11.8 Å². The van der Waals surface area contributed by atoms with Gasteiger partial charge < -0.3 is 20.1 Å². The molecule has 5 aromatic carbocycles. The maximum absolute atomic E-state index is 13.6. The Kier molecular flexibility index (Phi) is 9.36. The molecule has 6 aromatic rings. The first-order chi connectivity index (χ1) is 22.9. The molecule has 2 amide bonds. The van der Waals surface area contributed by atoms with E-state index in [1.165, 1.54) is 18.9 Å². The van der Waals surface area contributed by atoms with E-state index in [9.17, 15) is 14.4 Å². The summed E-state index contributed by atoms with van der Waals surface area (Å²) in [5, 5.41) is 7.69. The van der Waals surface area contributed by atoms with Gasteiger partial charge in [-0.1, -0.05) is 54.6 Å². The minimum absolute atomic E-state index is 0.0145. The Labute approximate surface area is 276 Å². The normalized spacial score (nSPS) is 11.3. The Morgan fingerprint density at radius 1 is 0.745 bits per heavy atom. The van der Waals surface area contributed by atoms with Gasteiger partial charge in [0, 0.05) is 32.5 Å². The second-order valence-electron chi connectivity index (χ2n) is 10.5. The van der Waals surface area contributed by atoms with Gasteiger partial charge in [-0.05, 0) is 72.8 Å². The zero-order chi connectivity index (χ0) is 32.8. The standard InChI is InChI=1S/C38H31N3O5S/c1-45-28-18-21-35(46-2)26(22-28)23-32(40-37(43)25-10-4-3-5-11-25)38(44)39-27-16-19-29(20-17-27)47-24-36(42)41-33-14-8-6-12-30(33)31-13-7-9-15-34(31)41/h3-23H,24H2,1-2H3,(H,39,44)(H,40,43)/b32-23-. The number of para-hydroxylation sites is 2. The topological polar surface area (TPSA) is 98.7 Å². The lowest BCUT2D eigenvalue weighted by molar-refractivity contribution is -0.113. The van der Waals surface area contributed by atoms with Crippen LogP contribution in [0.1, 0.15) is 20.7 Å². The molecule has 0 aliphatic heterocycles. The molecule has 0 aliphatic rings. The minimum Gasteiger partial charge on any atom is -0.497 e. The lowest BCUT2D eigenvalue weighted by atomic mass is 10.1. The summed E-state index contributed by atoms with van der Waals surface area (Å²) in [6, 6.07) is 36.8. The molecular weight excluding hydrogens is 611 g/mol. The maximum Gasteiger partial charge on any atom is 0.272 e. The number of carbonyl (C=O) groups excluding carboxylic acids is 3. The van der Waals surface area contributed by atoms with E-state index in [1.54, 1.807) is 72.4 Å². The Morgan fingerprint density at radius 2 is 1.38 bits per heavy atom. The van der Waals surface area contributed by atoms with E-state index < -0.39 is 11.8 Å². The molecule has 234 valence electrons. The molecule has 0 spiro atoms. The number of benzene rings is 5. The van der Waals surface area contributed by atoms with E-state index in [1.807, 2.05) is 66.7 Å². The minimum atomic E-state index is -0.527. The van der Waals surface area contributed by atoms with Crippen LogP contribution in [0.15, 0.2) is 132 Å². The van der Waals surface area contributed by atoms with Crippen LogP contribution < -0.4 is 20.1 Å². The zero-order valence-corrected chi connectivity index (χ0v) is 26.5. The Bertz CT molecular complexity index is 2070. The van der Waals surface area contributed by atoms with Crippen molar-refractivity contribution in [1.82, 2.24) is 9.88 Å². The number of nitrogens with one attached hydrogen (secondary N) is 2. The van der Waals surface area contributed by atoms with Gasteiger partial charge in [-0.2, -0.15) is 0 Å². The van der Waals surface area contributed by atoms with Crippen LogP contribution in [0.3, 0.4) is 0 Å². The Morgan fingerprint density at radius 3 is 2.02 bits per heavy atom. The first kappa shape index (κ1) is 31.2. The van der Waals surface area contributed by atoms with Gasteiger partial charge in [0.05, 0.1) is 31.0 Å². The summed E-state index contributed by atoms with van der Waals surface area (Å²) >= 11 is 1.42. The van der Waals surface area contributed by atoms with Crippen LogP contribution in [-0.4, -0.2) is 42.3 Å². The van der Waals surface area contributed by atoms with Gasteiger partial charge in [-0.25, -0.2) is 0 Å². The zero-order valence-electron chi connectivity index (χ0n) is 25.7. The lowest BCUT2D eigenvalue weighted by Gasteiger charge is -2.13. The number of hydrogen-bond acceptors (Lipinski definition) is 6. The molecule has 6 rings (SSSR count). The van der Waals surface area contributed by atoms with Crippen molar-refractivity contribution in [2.45, 2.75) is 4.90 Å². The molecule has 2 N–H and O–H groups in total. The first-order valence-corrected chi connectivity index (χ1v) is 15.8. The van der Waals surface area contributed by atoms with Crippen molar-refractivity contribution in [1.29, 1.82) is 0 Å². The number of fused-ring (bicyclic) bond motifs is 3. The van der Waals surface area contributed by atoms with E-state index in [0.717, 1.165) is 26.7 Å². The molecular formula is C38H31N3O5S. The molecule has 9 heteroatoms. The SMILES string of the molecule is COc1ccc(OC)c(/C=C(\NC(=O)c2ccccc2)C(=O)Nc2ccc(SCC(=O)n3c4ccccc4c4ccccc43)cc2)c1. The quantitative estimate of drug-likeness (QED) is 0.118. The van der Waals surface area contributed by atoms with Crippen molar-refractivity contribution >= 4 is 63.1 Å². The molecule has 0 radical (unpaired) electrons. The molecule has 0 saturated carbocycles. The molecule has 0 atom stereocenters. The van der Waals surface area contributed by atoms with Crippen LogP contribution in [0, 0.1) is 0 Å². The van der Waals surface area contributed by atoms with Crippen molar-refractivity contribution in [2.75, 3.05) is 25.3 Å². The van der Waals surface area contributed by atoms with E-state index >= 15 is 0 Å². The van der Waals surface area contributed by atoms with Gasteiger partial charge in [0.1, 0.15) is 17.2 Å². The fourth-order valence-electron chi connectivity index (χ4n) is 5.28. The monoisotopic (exact) mass is 641 g/mol. The number of amides is 2. The van der Waals surface area contributed by atoms with E-state index in [-0.39, 0.29) is 17.4 Å². The number of anilines is 1. The Hall–Kier alpha value is -5.80. The third kappa shape index (κ3) is 6.90. The van der Waals surface area contributed by atoms with Gasteiger partial charge in [0.2, 0.25) is 5.91 Å². The van der Waals surface area contributed by atoms with Gasteiger partial charge >= 0.3 is 0 Å². The number of methoxy groups -OCH3 is 2. The second-order valence-corrected chi connectivity index (χ2v) is 11.6. The van der Waals surface area contributed by atoms with Gasteiger partial charge in [-0.15, -0.1) is 11.8 Å². The summed E-state index contributed by atoms with van der Waals surface area (Å²) in [4.78, 5) is 40.9. The number of hydrogen-bond donors (Lipinski definition) is 2. The summed E-state index contributed by atoms with van der Waals surface area (Å²) < 4.78 is 12.6. The van der Waals surface area contributed by atoms with E-state index in [0.29, 0.717) is 28.3 Å². The second kappa shape index (κ2) is 14.1. The lowest BCUT2D eigenvalue weighted by Crippen LogP contribution is -2.30. The molecule has 0 fully saturated rings. The first-order valence-electron chi connectivity index (χ1n) is 14.8. The number of rotatable bonds is 10. The molecule has 0 aliphatic carbocycles. The highest BCUT2D eigenvalue weighted by Crippen LogP contribution is 2.30. The smallest absolute Gasteiger partial charge is 0.272 e. The Balaban J connectivity index is 1.19. The molecule has 1 aromatic heterocycles. The van der Waals surface area contributed by atoms with Crippen LogP contribution in [0.2, 0.25) is 0 Å². The largest absolute Gasteiger partial charge is 0.497 e. The third-order valence-corrected chi connectivity index (χ3v) is 8.57. The van der Waals surface area contributed by atoms with Gasteiger partial charge in [0.15, 0.2) is 0 Å². The summed E-state index contributed by atoms with van der Waals surface area (Å²) in [5.41, 5.74) is 3.25. The summed E-state index contributed by atoms with van der Waals surface area (Å²) in [5.74, 6) is 0.309. The predicted molar refractivity (Wildman–Crippen MR) is 187 cm³/mol. The average Bonchev–Trinajstić information content (AvgIpc) is 3.45. The third-order valence-electron chi connectivity index (χ3n) is 7.57. The summed E-state index contributed by atoms with van der Waals surface area (Å²) in [6.07, 6.45) is 1.54. The highest BCUT2D eigenvalue weighted by molar-refractivity contribution is 8.00. The van der Waals surface area contributed by atoms with Crippen molar-refractivity contribution < 1.29 is 23.9 Å². The molecule has 0 bridgehead atoms. The van der Waals surface area contributed by atoms with Crippen LogP contribution in [0.5, 0.6) is 11.5 Å². The molecule has 0 saturated heterocycles. The molecule has 47 heavy (non-hydrogen) atoms. The molecule has 8 nitrogen and oxygen atoms in total. The number of aromatic nitrogens is 1. The van der Waals surface area contributed by atoms with Crippen molar-refractivity contribution in [2.24, 2.45) is 0 Å². The highest BCUT2D eigenvalue weighted by atomic mass is 32.2. The highest BCUT2D eigenvalue weighted by Gasteiger charge is 2.18. The maximum atomic E-state index is 13.6. The number of thioether (sulfide) groups is 1. The van der Waals surface area contributed by atoms with E-state index in [4.69, 9.17) is 9.47 Å². The van der Waals surface area contributed by atoms with E-state index in [2.05, 4.69) is 10.6 Å². The number of ether oxygens (including phenoxy) is 2. The molecule has 0 unspecified atom stereocenters. The van der Waals surface area contributed by atoms with Crippen LogP contribution in [-0.2, 0) is 4.79 Å². The van der Waals surface area contributed by atoms with Crippen molar-refractivity contribution in [3.63, 3.8) is 0 Å². The van der Waals surface area contributed by atoms with Crippen LogP contribution >= 0.6 is 11.8 Å². The van der Waals surface area contributed by atoms with Gasteiger partial charge in [-0.3, -0.25) is 19.0 Å². The number of nitrogens with zero attached hydrogens (tertiary/aromatic N) is 1. The number of carbonyl (C=O) groups is 3. The van der Waals surface area contributed by atoms with Crippen LogP contribution in [0.4, 0.5) is 5.69 Å². The average molecular weight is 642 g/mol. The fraction of sp³-hybridized carbons (Fsp3) is 0.0789. The summed E-state index contributed by atoms with van der Waals surface area (Å²) in [6.45, 7) is 0. The molecule has 1 heterocycles. The predicted octanol–water partition coefficient (Wildman–Crippen LogP) is 7.65. The summed E-state index contributed by atoms with van der Waals surface area (Å²) in [7, 11) is 3.07.